The summed E-state index contributed by atoms with van der Waals surface area (Å²) < 4.78 is 0. The monoisotopic (exact) mass is 192 g/mol. The maximum Gasteiger partial charge on any atom is 0.325 e. The molecule has 4 nitrogen and oxygen atoms in total. The summed E-state index contributed by atoms with van der Waals surface area (Å²) >= 11 is 0. The number of fused-ring (bicyclic) bond motifs is 1. The molecule has 1 heterocycles. The van der Waals surface area contributed by atoms with E-state index in [4.69, 9.17) is 10.8 Å². The van der Waals surface area contributed by atoms with Gasteiger partial charge in [-0.25, -0.2) is 0 Å². The fraction of sp³-hybridized carbons (Fsp3) is 0.300. The predicted molar refractivity (Wildman–Crippen MR) is 52.9 cm³/mol. The summed E-state index contributed by atoms with van der Waals surface area (Å²) in [6, 6.07) is 4.79. The van der Waals surface area contributed by atoms with E-state index >= 15 is 0 Å². The Morgan fingerprint density at radius 2 is 2.36 bits per heavy atom. The quantitative estimate of drug-likeness (QED) is 0.568. The van der Waals surface area contributed by atoms with Crippen molar-refractivity contribution in [2.24, 2.45) is 0 Å². The molecule has 0 fully saturated rings. The number of hydrogen-bond acceptors (Lipinski definition) is 3. The molecule has 2 rings (SSSR count). The number of nitrogens with two attached hydrogens (primary N) is 1. The lowest BCUT2D eigenvalue weighted by Crippen LogP contribution is -2.34. The number of hydrogen-bond donors (Lipinski definition) is 3. The highest BCUT2D eigenvalue weighted by Gasteiger charge is 2.25. The van der Waals surface area contributed by atoms with Crippen molar-refractivity contribution in [3.05, 3.63) is 29.3 Å². The molecular formula is C10H12N2O2. The molecular weight excluding hydrogens is 180 g/mol. The van der Waals surface area contributed by atoms with E-state index < -0.39 is 12.0 Å². The van der Waals surface area contributed by atoms with Gasteiger partial charge in [0.1, 0.15) is 6.04 Å². The van der Waals surface area contributed by atoms with Crippen LogP contribution in [-0.4, -0.2) is 17.6 Å². The van der Waals surface area contributed by atoms with Crippen molar-refractivity contribution >= 4 is 11.7 Å². The molecule has 1 aromatic carbocycles. The molecule has 0 aromatic heterocycles. The molecule has 1 aliphatic rings. The summed E-state index contributed by atoms with van der Waals surface area (Å²) in [5, 5.41) is 11.9. The van der Waals surface area contributed by atoms with E-state index in [0.717, 1.165) is 17.5 Å². The van der Waals surface area contributed by atoms with E-state index in [1.54, 1.807) is 12.1 Å². The predicted octanol–water partition coefficient (Wildman–Crippen LogP) is 0.540. The van der Waals surface area contributed by atoms with E-state index in [0.29, 0.717) is 12.2 Å². The first-order chi connectivity index (χ1) is 6.68. The zero-order valence-electron chi connectivity index (χ0n) is 7.66. The van der Waals surface area contributed by atoms with Gasteiger partial charge in [-0.1, -0.05) is 6.07 Å². The molecule has 14 heavy (non-hydrogen) atoms. The Kier molecular flexibility index (Phi) is 2.13. The highest BCUT2D eigenvalue weighted by molar-refractivity contribution is 5.77. The molecule has 74 valence electrons. The Morgan fingerprint density at radius 3 is 3.07 bits per heavy atom. The van der Waals surface area contributed by atoms with Gasteiger partial charge in [0, 0.05) is 12.2 Å². The standard InChI is InChI=1S/C10H12N2O2/c11-7-1-2-8-6(5-7)3-4-12-9(8)10(13)14/h1-2,5,9,12H,3-4,11H2,(H,13,14)/t9-/m0/s1. The second kappa shape index (κ2) is 3.31. The fourth-order valence-corrected chi connectivity index (χ4v) is 1.81. The van der Waals surface area contributed by atoms with Crippen molar-refractivity contribution < 1.29 is 9.90 Å². The van der Waals surface area contributed by atoms with Gasteiger partial charge in [-0.2, -0.15) is 0 Å². The van der Waals surface area contributed by atoms with Crippen LogP contribution in [0.1, 0.15) is 17.2 Å². The molecule has 0 saturated carbocycles. The van der Waals surface area contributed by atoms with Crippen LogP contribution in [0.3, 0.4) is 0 Å². The lowest BCUT2D eigenvalue weighted by molar-refractivity contribution is -0.139. The Balaban J connectivity index is 2.44. The van der Waals surface area contributed by atoms with Crippen LogP contribution in [0.15, 0.2) is 18.2 Å². The maximum absolute atomic E-state index is 10.9. The topological polar surface area (TPSA) is 75.3 Å². The zero-order valence-corrected chi connectivity index (χ0v) is 7.66. The van der Waals surface area contributed by atoms with Crippen molar-refractivity contribution in [1.82, 2.24) is 5.32 Å². The number of carboxylic acids is 1. The van der Waals surface area contributed by atoms with Gasteiger partial charge in [-0.05, 0) is 29.7 Å². The first-order valence-corrected chi connectivity index (χ1v) is 4.53. The zero-order chi connectivity index (χ0) is 10.1. The molecule has 1 aromatic rings. The Morgan fingerprint density at radius 1 is 1.57 bits per heavy atom. The molecule has 0 aliphatic carbocycles. The van der Waals surface area contributed by atoms with Crippen molar-refractivity contribution in [1.29, 1.82) is 0 Å². The van der Waals surface area contributed by atoms with Gasteiger partial charge in [0.15, 0.2) is 0 Å². The first kappa shape index (κ1) is 9.02. The summed E-state index contributed by atoms with van der Waals surface area (Å²) in [6.07, 6.45) is 0.837. The maximum atomic E-state index is 10.9. The molecule has 1 atom stereocenters. The highest BCUT2D eigenvalue weighted by Crippen LogP contribution is 2.24. The SMILES string of the molecule is Nc1ccc2c(c1)CCN[C@@H]2C(=O)O. The number of nitrogens with one attached hydrogen (secondary N) is 1. The van der Waals surface area contributed by atoms with Crippen LogP contribution >= 0.6 is 0 Å². The van der Waals surface area contributed by atoms with Crippen molar-refractivity contribution in [3.8, 4) is 0 Å². The molecule has 0 amide bonds. The molecule has 0 unspecified atom stereocenters. The molecule has 0 saturated heterocycles. The average Bonchev–Trinajstić information content (AvgIpc) is 2.16. The third-order valence-corrected chi connectivity index (χ3v) is 2.47. The van der Waals surface area contributed by atoms with Crippen LogP contribution in [0.4, 0.5) is 5.69 Å². The van der Waals surface area contributed by atoms with E-state index in [9.17, 15) is 4.79 Å². The average molecular weight is 192 g/mol. The Labute approximate surface area is 81.7 Å². The number of aliphatic carboxylic acids is 1. The summed E-state index contributed by atoms with van der Waals surface area (Å²) in [6.45, 7) is 0.688. The first-order valence-electron chi connectivity index (χ1n) is 4.53. The molecule has 0 spiro atoms. The van der Waals surface area contributed by atoms with Crippen LogP contribution in [-0.2, 0) is 11.2 Å². The summed E-state index contributed by atoms with van der Waals surface area (Å²) in [7, 11) is 0. The number of rotatable bonds is 1. The van der Waals surface area contributed by atoms with E-state index in [2.05, 4.69) is 5.32 Å². The number of carboxylic acid groups (broad SMARTS) is 1. The van der Waals surface area contributed by atoms with Crippen molar-refractivity contribution in [3.63, 3.8) is 0 Å². The largest absolute Gasteiger partial charge is 0.480 e. The van der Waals surface area contributed by atoms with E-state index in [-0.39, 0.29) is 0 Å². The van der Waals surface area contributed by atoms with Crippen LogP contribution in [0.25, 0.3) is 0 Å². The smallest absolute Gasteiger partial charge is 0.325 e. The minimum atomic E-state index is -0.837. The fourth-order valence-electron chi connectivity index (χ4n) is 1.81. The van der Waals surface area contributed by atoms with E-state index in [1.165, 1.54) is 0 Å². The second-order valence-electron chi connectivity index (χ2n) is 3.43. The molecule has 4 N–H and O–H groups in total. The summed E-state index contributed by atoms with van der Waals surface area (Å²) in [5.74, 6) is -0.837. The van der Waals surface area contributed by atoms with Gasteiger partial charge in [-0.3, -0.25) is 4.79 Å². The minimum absolute atomic E-state index is 0.584. The number of carbonyl (C=O) groups is 1. The van der Waals surface area contributed by atoms with Gasteiger partial charge >= 0.3 is 5.97 Å². The molecule has 4 heteroatoms. The van der Waals surface area contributed by atoms with Crippen LogP contribution in [0.5, 0.6) is 0 Å². The Bertz CT molecular complexity index is 376. The van der Waals surface area contributed by atoms with Crippen LogP contribution in [0, 0.1) is 0 Å². The van der Waals surface area contributed by atoms with Crippen molar-refractivity contribution in [2.75, 3.05) is 12.3 Å². The number of nitrogen functional groups attached to an aromatic ring is 1. The van der Waals surface area contributed by atoms with Crippen molar-refractivity contribution in [2.45, 2.75) is 12.5 Å². The second-order valence-corrected chi connectivity index (χ2v) is 3.43. The summed E-state index contributed by atoms with van der Waals surface area (Å²) in [5.41, 5.74) is 8.19. The van der Waals surface area contributed by atoms with E-state index in [1.807, 2.05) is 6.07 Å². The molecule has 0 radical (unpaired) electrons. The van der Waals surface area contributed by atoms with Gasteiger partial charge in [0.05, 0.1) is 0 Å². The third kappa shape index (κ3) is 1.44. The van der Waals surface area contributed by atoms with Gasteiger partial charge < -0.3 is 16.2 Å². The van der Waals surface area contributed by atoms with Gasteiger partial charge in [0.25, 0.3) is 0 Å². The molecule has 0 bridgehead atoms. The molecule has 1 aliphatic heterocycles. The third-order valence-electron chi connectivity index (χ3n) is 2.47. The lowest BCUT2D eigenvalue weighted by Gasteiger charge is -2.23. The minimum Gasteiger partial charge on any atom is -0.480 e. The van der Waals surface area contributed by atoms with Crippen LogP contribution < -0.4 is 11.1 Å². The van der Waals surface area contributed by atoms with Gasteiger partial charge in [0.2, 0.25) is 0 Å². The number of anilines is 1. The highest BCUT2D eigenvalue weighted by atomic mass is 16.4. The Hall–Kier alpha value is -1.55. The summed E-state index contributed by atoms with van der Waals surface area (Å²) in [4.78, 5) is 10.9. The lowest BCUT2D eigenvalue weighted by atomic mass is 9.94. The van der Waals surface area contributed by atoms with Gasteiger partial charge in [-0.15, -0.1) is 0 Å². The number of benzene rings is 1. The van der Waals surface area contributed by atoms with Crippen LogP contribution in [0.2, 0.25) is 0 Å². The normalized spacial score (nSPS) is 20.1.